The highest BCUT2D eigenvalue weighted by atomic mass is 32.1. The molecule has 1 fully saturated rings. The zero-order chi connectivity index (χ0) is 16.8. The van der Waals surface area contributed by atoms with Gasteiger partial charge in [0.25, 0.3) is 5.91 Å². The molecule has 0 radical (unpaired) electrons. The fourth-order valence-corrected chi connectivity index (χ4v) is 3.42. The quantitative estimate of drug-likeness (QED) is 0.865. The number of thiophene rings is 1. The highest BCUT2D eigenvalue weighted by Gasteiger charge is 2.27. The lowest BCUT2D eigenvalue weighted by Gasteiger charge is -2.31. The van der Waals surface area contributed by atoms with Crippen molar-refractivity contribution in [2.24, 2.45) is 0 Å². The van der Waals surface area contributed by atoms with E-state index >= 15 is 0 Å². The number of hydrogen-bond donors (Lipinski definition) is 2. The van der Waals surface area contributed by atoms with Crippen molar-refractivity contribution in [2.45, 2.75) is 12.5 Å². The van der Waals surface area contributed by atoms with Gasteiger partial charge in [-0.2, -0.15) is 0 Å². The van der Waals surface area contributed by atoms with Crippen molar-refractivity contribution in [3.05, 3.63) is 58.3 Å². The van der Waals surface area contributed by atoms with Crippen LogP contribution in [0, 0.1) is 0 Å². The third-order valence-electron chi connectivity index (χ3n) is 4.06. The average molecular weight is 343 g/mol. The SMILES string of the molecule is O=C(NC(Cc1ccccc1)C(=O)N1CCNCC1)c1cccs1. The molecule has 126 valence electrons. The van der Waals surface area contributed by atoms with Crippen LogP contribution in [0.5, 0.6) is 0 Å². The molecule has 1 unspecified atom stereocenters. The molecule has 0 spiro atoms. The maximum Gasteiger partial charge on any atom is 0.262 e. The van der Waals surface area contributed by atoms with Crippen molar-refractivity contribution in [1.82, 2.24) is 15.5 Å². The van der Waals surface area contributed by atoms with E-state index in [0.29, 0.717) is 24.4 Å². The highest BCUT2D eigenvalue weighted by Crippen LogP contribution is 2.11. The Morgan fingerprint density at radius 1 is 1.12 bits per heavy atom. The second-order valence-electron chi connectivity index (χ2n) is 5.77. The van der Waals surface area contributed by atoms with Crippen LogP contribution in [-0.4, -0.2) is 48.9 Å². The third-order valence-corrected chi connectivity index (χ3v) is 4.93. The maximum absolute atomic E-state index is 12.9. The van der Waals surface area contributed by atoms with Gasteiger partial charge in [0.2, 0.25) is 5.91 Å². The number of hydrogen-bond acceptors (Lipinski definition) is 4. The summed E-state index contributed by atoms with van der Waals surface area (Å²) < 4.78 is 0. The van der Waals surface area contributed by atoms with Crippen LogP contribution in [0.15, 0.2) is 47.8 Å². The number of amides is 2. The predicted octanol–water partition coefficient (Wildman–Crippen LogP) is 1.52. The molecule has 2 heterocycles. The molecule has 1 saturated heterocycles. The lowest BCUT2D eigenvalue weighted by molar-refractivity contribution is -0.133. The Kier molecular flexibility index (Phi) is 5.61. The molecule has 2 amide bonds. The molecule has 0 saturated carbocycles. The molecular weight excluding hydrogens is 322 g/mol. The van der Waals surface area contributed by atoms with Crippen LogP contribution in [0.25, 0.3) is 0 Å². The summed E-state index contributed by atoms with van der Waals surface area (Å²) in [7, 11) is 0. The first kappa shape index (κ1) is 16.7. The molecule has 1 aromatic heterocycles. The van der Waals surface area contributed by atoms with E-state index in [4.69, 9.17) is 0 Å². The number of nitrogens with one attached hydrogen (secondary N) is 2. The maximum atomic E-state index is 12.9. The van der Waals surface area contributed by atoms with Crippen molar-refractivity contribution in [3.63, 3.8) is 0 Å². The minimum Gasteiger partial charge on any atom is -0.339 e. The van der Waals surface area contributed by atoms with E-state index in [-0.39, 0.29) is 11.8 Å². The molecule has 5 nitrogen and oxygen atoms in total. The van der Waals surface area contributed by atoms with Crippen LogP contribution < -0.4 is 10.6 Å². The highest BCUT2D eigenvalue weighted by molar-refractivity contribution is 7.12. The Morgan fingerprint density at radius 2 is 1.88 bits per heavy atom. The fraction of sp³-hybridized carbons (Fsp3) is 0.333. The Bertz CT molecular complexity index is 667. The number of benzene rings is 1. The largest absolute Gasteiger partial charge is 0.339 e. The van der Waals surface area contributed by atoms with Crippen molar-refractivity contribution >= 4 is 23.2 Å². The van der Waals surface area contributed by atoms with Crippen LogP contribution in [-0.2, 0) is 11.2 Å². The molecule has 2 aromatic rings. The zero-order valence-corrected chi connectivity index (χ0v) is 14.2. The van der Waals surface area contributed by atoms with Gasteiger partial charge < -0.3 is 15.5 Å². The van der Waals surface area contributed by atoms with E-state index < -0.39 is 6.04 Å². The van der Waals surface area contributed by atoms with Crippen molar-refractivity contribution in [1.29, 1.82) is 0 Å². The smallest absolute Gasteiger partial charge is 0.262 e. The first-order chi connectivity index (χ1) is 11.7. The average Bonchev–Trinajstić information content (AvgIpc) is 3.17. The summed E-state index contributed by atoms with van der Waals surface area (Å²) in [4.78, 5) is 27.8. The molecule has 1 atom stereocenters. The minimum atomic E-state index is -0.542. The van der Waals surface area contributed by atoms with Gasteiger partial charge in [0, 0.05) is 32.6 Å². The number of rotatable bonds is 5. The standard InChI is InChI=1S/C18H21N3O2S/c22-17(16-7-4-12-24-16)20-15(13-14-5-2-1-3-6-14)18(23)21-10-8-19-9-11-21/h1-7,12,15,19H,8-11,13H2,(H,20,22). The summed E-state index contributed by atoms with van der Waals surface area (Å²) in [5.74, 6) is -0.195. The lowest BCUT2D eigenvalue weighted by atomic mass is 10.0. The summed E-state index contributed by atoms with van der Waals surface area (Å²) in [6, 6.07) is 12.9. The third kappa shape index (κ3) is 4.21. The molecule has 24 heavy (non-hydrogen) atoms. The van der Waals surface area contributed by atoms with E-state index in [0.717, 1.165) is 18.7 Å². The Morgan fingerprint density at radius 3 is 2.54 bits per heavy atom. The van der Waals surface area contributed by atoms with Gasteiger partial charge in [-0.1, -0.05) is 36.4 Å². The van der Waals surface area contributed by atoms with Crippen LogP contribution in [0.3, 0.4) is 0 Å². The number of carbonyl (C=O) groups excluding carboxylic acids is 2. The lowest BCUT2D eigenvalue weighted by Crippen LogP contribution is -2.54. The van der Waals surface area contributed by atoms with E-state index in [9.17, 15) is 9.59 Å². The first-order valence-corrected chi connectivity index (χ1v) is 9.00. The number of piperazine rings is 1. The van der Waals surface area contributed by atoms with Crippen LogP contribution >= 0.6 is 11.3 Å². The summed E-state index contributed by atoms with van der Waals surface area (Å²) in [6.07, 6.45) is 0.501. The Hall–Kier alpha value is -2.18. The van der Waals surface area contributed by atoms with Gasteiger partial charge in [0.1, 0.15) is 6.04 Å². The molecular formula is C18H21N3O2S. The minimum absolute atomic E-state index is 0.00902. The molecule has 2 N–H and O–H groups in total. The monoisotopic (exact) mass is 343 g/mol. The van der Waals surface area contributed by atoms with Crippen molar-refractivity contribution in [3.8, 4) is 0 Å². The fourth-order valence-electron chi connectivity index (χ4n) is 2.79. The van der Waals surface area contributed by atoms with Gasteiger partial charge in [-0.3, -0.25) is 9.59 Å². The summed E-state index contributed by atoms with van der Waals surface area (Å²) in [6.45, 7) is 2.95. The van der Waals surface area contributed by atoms with E-state index in [1.807, 2.05) is 46.7 Å². The summed E-state index contributed by atoms with van der Waals surface area (Å²) in [5, 5.41) is 8.03. The van der Waals surface area contributed by atoms with Gasteiger partial charge in [0.15, 0.2) is 0 Å². The van der Waals surface area contributed by atoms with Gasteiger partial charge >= 0.3 is 0 Å². The first-order valence-electron chi connectivity index (χ1n) is 8.12. The molecule has 0 aliphatic carbocycles. The second-order valence-corrected chi connectivity index (χ2v) is 6.72. The van der Waals surface area contributed by atoms with Crippen LogP contribution in [0.1, 0.15) is 15.2 Å². The molecule has 1 aliphatic heterocycles. The predicted molar refractivity (Wildman–Crippen MR) is 95.2 cm³/mol. The molecule has 3 rings (SSSR count). The normalized spacial score (nSPS) is 15.8. The molecule has 6 heteroatoms. The van der Waals surface area contributed by atoms with Gasteiger partial charge in [-0.05, 0) is 17.0 Å². The van der Waals surface area contributed by atoms with E-state index in [1.54, 1.807) is 6.07 Å². The second kappa shape index (κ2) is 8.08. The molecule has 0 bridgehead atoms. The zero-order valence-electron chi connectivity index (χ0n) is 13.4. The van der Waals surface area contributed by atoms with Gasteiger partial charge in [-0.15, -0.1) is 11.3 Å². The molecule has 1 aliphatic rings. The van der Waals surface area contributed by atoms with Crippen molar-refractivity contribution in [2.75, 3.05) is 26.2 Å². The van der Waals surface area contributed by atoms with Crippen LogP contribution in [0.2, 0.25) is 0 Å². The van der Waals surface area contributed by atoms with Crippen LogP contribution in [0.4, 0.5) is 0 Å². The number of carbonyl (C=O) groups is 2. The van der Waals surface area contributed by atoms with E-state index in [1.165, 1.54) is 11.3 Å². The van der Waals surface area contributed by atoms with Crippen molar-refractivity contribution < 1.29 is 9.59 Å². The summed E-state index contributed by atoms with van der Waals surface area (Å²) >= 11 is 1.38. The molecule has 1 aromatic carbocycles. The van der Waals surface area contributed by atoms with Gasteiger partial charge in [0.05, 0.1) is 4.88 Å². The Labute approximate surface area is 145 Å². The topological polar surface area (TPSA) is 61.4 Å². The summed E-state index contributed by atoms with van der Waals surface area (Å²) in [5.41, 5.74) is 1.04. The van der Waals surface area contributed by atoms with Gasteiger partial charge in [-0.25, -0.2) is 0 Å². The number of nitrogens with zero attached hydrogens (tertiary/aromatic N) is 1. The van der Waals surface area contributed by atoms with E-state index in [2.05, 4.69) is 10.6 Å². The Balaban J connectivity index is 1.74.